The highest BCUT2D eigenvalue weighted by molar-refractivity contribution is 5.89. The Labute approximate surface area is 104 Å². The molecule has 0 spiro atoms. The summed E-state index contributed by atoms with van der Waals surface area (Å²) >= 11 is 0. The summed E-state index contributed by atoms with van der Waals surface area (Å²) in [6, 6.07) is 8.40. The lowest BCUT2D eigenvalue weighted by molar-refractivity contribution is -0.0445. The second-order valence-electron chi connectivity index (χ2n) is 4.71. The highest BCUT2D eigenvalue weighted by Gasteiger charge is 2.48. The van der Waals surface area contributed by atoms with Crippen LogP contribution in [0.25, 0.3) is 0 Å². The van der Waals surface area contributed by atoms with Crippen molar-refractivity contribution in [1.82, 2.24) is 0 Å². The molecule has 0 saturated carbocycles. The van der Waals surface area contributed by atoms with Gasteiger partial charge in [0.2, 0.25) is 0 Å². The first-order chi connectivity index (χ1) is 8.40. The van der Waals surface area contributed by atoms with Gasteiger partial charge in [-0.3, -0.25) is 0 Å². The van der Waals surface area contributed by atoms with Crippen LogP contribution in [0.2, 0.25) is 0 Å². The number of rotatable bonds is 3. The summed E-state index contributed by atoms with van der Waals surface area (Å²) in [5.41, 5.74) is -0.709. The van der Waals surface area contributed by atoms with Crippen LogP contribution in [-0.2, 0) is 9.47 Å². The van der Waals surface area contributed by atoms with Crippen LogP contribution in [0.5, 0.6) is 0 Å². The predicted octanol–water partition coefficient (Wildman–Crippen LogP) is 2.66. The number of halogens is 2. The van der Waals surface area contributed by atoms with E-state index < -0.39 is 30.5 Å². The van der Waals surface area contributed by atoms with Crippen LogP contribution in [0.3, 0.4) is 0 Å². The Kier molecular flexibility index (Phi) is 3.34. The van der Waals surface area contributed by atoms with Crippen molar-refractivity contribution >= 4 is 5.97 Å². The van der Waals surface area contributed by atoms with Crippen LogP contribution in [0.1, 0.15) is 23.7 Å². The maximum absolute atomic E-state index is 13.0. The molecule has 1 aromatic rings. The molecule has 1 atom stereocenters. The zero-order chi connectivity index (χ0) is 13.2. The molecule has 0 unspecified atom stereocenters. The van der Waals surface area contributed by atoms with Gasteiger partial charge < -0.3 is 9.47 Å². The fourth-order valence-corrected chi connectivity index (χ4v) is 1.90. The summed E-state index contributed by atoms with van der Waals surface area (Å²) in [7, 11) is 0. The van der Waals surface area contributed by atoms with Gasteiger partial charge in [-0.05, 0) is 19.1 Å². The van der Waals surface area contributed by atoms with E-state index in [0.717, 1.165) is 0 Å². The molecule has 1 fully saturated rings. The van der Waals surface area contributed by atoms with Gasteiger partial charge in [0.15, 0.2) is 0 Å². The highest BCUT2D eigenvalue weighted by atomic mass is 19.3. The summed E-state index contributed by atoms with van der Waals surface area (Å²) in [6.45, 7) is 0.731. The fraction of sp³-hybridized carbons (Fsp3) is 0.462. The van der Waals surface area contributed by atoms with Crippen molar-refractivity contribution in [3.8, 4) is 0 Å². The van der Waals surface area contributed by atoms with Crippen LogP contribution < -0.4 is 0 Å². The molecule has 0 amide bonds. The van der Waals surface area contributed by atoms with Crippen LogP contribution in [0.15, 0.2) is 30.3 Å². The molecule has 1 aliphatic heterocycles. The number of carbonyl (C=O) groups is 1. The van der Waals surface area contributed by atoms with Crippen molar-refractivity contribution in [2.45, 2.75) is 24.9 Å². The molecule has 0 radical (unpaired) electrons. The van der Waals surface area contributed by atoms with Gasteiger partial charge in [-0.2, -0.15) is 0 Å². The Morgan fingerprint density at radius 2 is 2.06 bits per heavy atom. The number of hydrogen-bond acceptors (Lipinski definition) is 3. The molecule has 0 bridgehead atoms. The Hall–Kier alpha value is -1.49. The molecule has 2 rings (SSSR count). The Balaban J connectivity index is 1.91. The number of ether oxygens (including phenoxy) is 2. The number of alkyl halides is 2. The third-order valence-electron chi connectivity index (χ3n) is 2.78. The number of hydrogen-bond donors (Lipinski definition) is 0. The minimum atomic E-state index is -2.84. The average Bonchev–Trinajstić information content (AvgIpc) is 2.62. The molecule has 0 aromatic heterocycles. The minimum absolute atomic E-state index is 0.170. The standard InChI is InChI=1S/C13H14F2O3/c1-12(7-13(14,15)9-18-12)8-17-11(16)10-5-3-2-4-6-10/h2-6H,7-9H2,1H3/t12-/m0/s1. The van der Waals surface area contributed by atoms with E-state index in [1.165, 1.54) is 6.92 Å². The molecular formula is C13H14F2O3. The zero-order valence-electron chi connectivity index (χ0n) is 9.99. The topological polar surface area (TPSA) is 35.5 Å². The normalized spacial score (nSPS) is 25.9. The summed E-state index contributed by atoms with van der Waals surface area (Å²) in [5, 5.41) is 0. The van der Waals surface area contributed by atoms with Gasteiger partial charge in [-0.15, -0.1) is 0 Å². The molecule has 18 heavy (non-hydrogen) atoms. The second kappa shape index (κ2) is 4.65. The molecule has 1 aliphatic rings. The lowest BCUT2D eigenvalue weighted by atomic mass is 10.0. The summed E-state index contributed by atoms with van der Waals surface area (Å²) < 4.78 is 36.1. The summed E-state index contributed by atoms with van der Waals surface area (Å²) in [4.78, 5) is 11.6. The highest BCUT2D eigenvalue weighted by Crippen LogP contribution is 2.36. The van der Waals surface area contributed by atoms with Gasteiger partial charge in [-0.25, -0.2) is 13.6 Å². The van der Waals surface area contributed by atoms with E-state index in [1.54, 1.807) is 30.3 Å². The molecule has 5 heteroatoms. The molecule has 0 aliphatic carbocycles. The van der Waals surface area contributed by atoms with Crippen molar-refractivity contribution in [2.24, 2.45) is 0 Å². The maximum atomic E-state index is 13.0. The van der Waals surface area contributed by atoms with Crippen molar-refractivity contribution in [3.63, 3.8) is 0 Å². The Morgan fingerprint density at radius 3 is 2.61 bits per heavy atom. The molecule has 0 N–H and O–H groups in total. The van der Waals surface area contributed by atoms with Gasteiger partial charge in [0, 0.05) is 6.42 Å². The van der Waals surface area contributed by atoms with Gasteiger partial charge in [-0.1, -0.05) is 18.2 Å². The van der Waals surface area contributed by atoms with E-state index in [2.05, 4.69) is 0 Å². The van der Waals surface area contributed by atoms with Gasteiger partial charge in [0.05, 0.1) is 5.56 Å². The molecular weight excluding hydrogens is 242 g/mol. The molecule has 3 nitrogen and oxygen atoms in total. The smallest absolute Gasteiger partial charge is 0.338 e. The number of carbonyl (C=O) groups excluding carboxylic acids is 1. The van der Waals surface area contributed by atoms with E-state index in [4.69, 9.17) is 9.47 Å². The van der Waals surface area contributed by atoms with Gasteiger partial charge in [0.25, 0.3) is 5.92 Å². The number of benzene rings is 1. The van der Waals surface area contributed by atoms with Crippen LogP contribution in [0, 0.1) is 0 Å². The van der Waals surface area contributed by atoms with Crippen molar-refractivity contribution in [1.29, 1.82) is 0 Å². The fourth-order valence-electron chi connectivity index (χ4n) is 1.90. The first-order valence-corrected chi connectivity index (χ1v) is 5.64. The Morgan fingerprint density at radius 1 is 1.39 bits per heavy atom. The molecule has 1 saturated heterocycles. The lowest BCUT2D eigenvalue weighted by Gasteiger charge is -2.22. The Bertz CT molecular complexity index is 433. The van der Waals surface area contributed by atoms with E-state index in [9.17, 15) is 13.6 Å². The van der Waals surface area contributed by atoms with Gasteiger partial charge >= 0.3 is 5.97 Å². The second-order valence-corrected chi connectivity index (χ2v) is 4.71. The van der Waals surface area contributed by atoms with E-state index >= 15 is 0 Å². The van der Waals surface area contributed by atoms with Gasteiger partial charge in [0.1, 0.15) is 18.8 Å². The van der Waals surface area contributed by atoms with E-state index in [-0.39, 0.29) is 6.61 Å². The SMILES string of the molecule is C[C@@]1(COC(=O)c2ccccc2)CC(F)(F)CO1. The van der Waals surface area contributed by atoms with E-state index in [0.29, 0.717) is 5.56 Å². The lowest BCUT2D eigenvalue weighted by Crippen LogP contribution is -2.32. The summed E-state index contributed by atoms with van der Waals surface area (Å²) in [6.07, 6.45) is -0.429. The summed E-state index contributed by atoms with van der Waals surface area (Å²) in [5.74, 6) is -3.37. The first-order valence-electron chi connectivity index (χ1n) is 5.64. The minimum Gasteiger partial charge on any atom is -0.459 e. The van der Waals surface area contributed by atoms with Crippen LogP contribution in [0.4, 0.5) is 8.78 Å². The average molecular weight is 256 g/mol. The largest absolute Gasteiger partial charge is 0.459 e. The third-order valence-corrected chi connectivity index (χ3v) is 2.78. The maximum Gasteiger partial charge on any atom is 0.338 e. The van der Waals surface area contributed by atoms with Crippen molar-refractivity contribution in [2.75, 3.05) is 13.2 Å². The van der Waals surface area contributed by atoms with Crippen LogP contribution >= 0.6 is 0 Å². The first kappa shape index (κ1) is 13.0. The van der Waals surface area contributed by atoms with Crippen molar-refractivity contribution in [3.05, 3.63) is 35.9 Å². The van der Waals surface area contributed by atoms with Crippen molar-refractivity contribution < 1.29 is 23.0 Å². The third kappa shape index (κ3) is 3.04. The van der Waals surface area contributed by atoms with Crippen LogP contribution in [-0.4, -0.2) is 30.7 Å². The van der Waals surface area contributed by atoms with E-state index in [1.807, 2.05) is 0 Å². The monoisotopic (exact) mass is 256 g/mol. The zero-order valence-corrected chi connectivity index (χ0v) is 9.99. The predicted molar refractivity (Wildman–Crippen MR) is 60.6 cm³/mol. The number of esters is 1. The molecule has 1 heterocycles. The molecule has 1 aromatic carbocycles. The molecule has 98 valence electrons. The quantitative estimate of drug-likeness (QED) is 0.780.